The molecule has 1 saturated heterocycles. The Labute approximate surface area is 157 Å². The number of hydrogen-bond donors (Lipinski definition) is 1. The Morgan fingerprint density at radius 1 is 1.07 bits per heavy atom. The third-order valence-electron chi connectivity index (χ3n) is 5.00. The molecule has 7 heteroatoms. The molecular weight excluding hydrogens is 348 g/mol. The van der Waals surface area contributed by atoms with Gasteiger partial charge in [0.1, 0.15) is 6.54 Å². The smallest absolute Gasteiger partial charge is 0.326 e. The summed E-state index contributed by atoms with van der Waals surface area (Å²) in [6.45, 7) is 2.81. The van der Waals surface area contributed by atoms with E-state index in [9.17, 15) is 19.2 Å². The third kappa shape index (κ3) is 3.92. The number of carbonyl (C=O) groups excluding carboxylic acids is 4. The van der Waals surface area contributed by atoms with Crippen LogP contribution in [0.5, 0.6) is 0 Å². The molecule has 1 heterocycles. The van der Waals surface area contributed by atoms with Crippen LogP contribution in [0.1, 0.15) is 24.0 Å². The zero-order valence-corrected chi connectivity index (χ0v) is 15.4. The minimum atomic E-state index is -0.778. The first kappa shape index (κ1) is 18.8. The van der Waals surface area contributed by atoms with Crippen LogP contribution in [0.15, 0.2) is 30.4 Å². The number of esters is 1. The minimum Gasteiger partial charge on any atom is -0.454 e. The van der Waals surface area contributed by atoms with Gasteiger partial charge in [0.05, 0.1) is 11.8 Å². The van der Waals surface area contributed by atoms with Crippen molar-refractivity contribution < 1.29 is 23.9 Å². The number of nitrogens with one attached hydrogen (secondary N) is 1. The molecule has 1 N–H and O–H groups in total. The molecule has 0 radical (unpaired) electrons. The number of aryl methyl sites for hydroxylation is 2. The normalized spacial score (nSPS) is 21.2. The second-order valence-corrected chi connectivity index (χ2v) is 6.89. The fraction of sp³-hybridized carbons (Fsp3) is 0.400. The number of likely N-dealkylation sites (tertiary alicyclic amines) is 1. The van der Waals surface area contributed by atoms with Gasteiger partial charge in [-0.2, -0.15) is 0 Å². The number of imide groups is 1. The number of ether oxygens (including phenoxy) is 1. The lowest BCUT2D eigenvalue weighted by Crippen LogP contribution is -2.37. The van der Waals surface area contributed by atoms with E-state index >= 15 is 0 Å². The van der Waals surface area contributed by atoms with Crippen molar-refractivity contribution >= 4 is 29.4 Å². The van der Waals surface area contributed by atoms with Crippen molar-refractivity contribution in [2.75, 3.05) is 18.5 Å². The molecule has 7 nitrogen and oxygen atoms in total. The number of anilines is 1. The maximum Gasteiger partial charge on any atom is 0.326 e. The molecule has 0 bridgehead atoms. The average Bonchev–Trinajstić information content (AvgIpc) is 2.88. The van der Waals surface area contributed by atoms with Crippen LogP contribution in [-0.4, -0.2) is 41.7 Å². The molecule has 3 amide bonds. The molecule has 27 heavy (non-hydrogen) atoms. The number of benzene rings is 1. The Morgan fingerprint density at radius 3 is 2.19 bits per heavy atom. The van der Waals surface area contributed by atoms with E-state index in [2.05, 4.69) is 5.32 Å². The molecule has 142 valence electrons. The summed E-state index contributed by atoms with van der Waals surface area (Å²) in [7, 11) is 0. The molecular formula is C20H22N2O5. The van der Waals surface area contributed by atoms with Gasteiger partial charge in [0.15, 0.2) is 6.61 Å². The van der Waals surface area contributed by atoms with Crippen molar-refractivity contribution in [3.05, 3.63) is 41.5 Å². The fourth-order valence-electron chi connectivity index (χ4n) is 3.53. The highest BCUT2D eigenvalue weighted by atomic mass is 16.5. The van der Waals surface area contributed by atoms with Gasteiger partial charge in [-0.15, -0.1) is 0 Å². The Balaban J connectivity index is 1.52. The average molecular weight is 370 g/mol. The van der Waals surface area contributed by atoms with Crippen LogP contribution in [0.25, 0.3) is 0 Å². The largest absolute Gasteiger partial charge is 0.454 e. The Morgan fingerprint density at radius 2 is 1.63 bits per heavy atom. The zero-order chi connectivity index (χ0) is 19.6. The summed E-state index contributed by atoms with van der Waals surface area (Å²) in [6, 6.07) is 5.62. The van der Waals surface area contributed by atoms with E-state index < -0.39 is 25.0 Å². The zero-order valence-electron chi connectivity index (χ0n) is 15.4. The van der Waals surface area contributed by atoms with E-state index in [1.165, 1.54) is 0 Å². The maximum atomic E-state index is 12.3. The van der Waals surface area contributed by atoms with E-state index in [4.69, 9.17) is 4.74 Å². The fourth-order valence-corrected chi connectivity index (χ4v) is 3.53. The topological polar surface area (TPSA) is 92.8 Å². The summed E-state index contributed by atoms with van der Waals surface area (Å²) in [5, 5.41) is 2.71. The van der Waals surface area contributed by atoms with Gasteiger partial charge >= 0.3 is 5.97 Å². The molecule has 1 fully saturated rings. The van der Waals surface area contributed by atoms with E-state index in [0.29, 0.717) is 18.5 Å². The van der Waals surface area contributed by atoms with Gasteiger partial charge in [0, 0.05) is 5.69 Å². The van der Waals surface area contributed by atoms with Gasteiger partial charge in [0.2, 0.25) is 11.8 Å². The Hall–Kier alpha value is -2.96. The molecule has 0 saturated carbocycles. The summed E-state index contributed by atoms with van der Waals surface area (Å²) in [5.41, 5.74) is 2.48. The summed E-state index contributed by atoms with van der Waals surface area (Å²) in [5.74, 6) is -2.71. The van der Waals surface area contributed by atoms with Crippen molar-refractivity contribution in [1.82, 2.24) is 4.90 Å². The summed E-state index contributed by atoms with van der Waals surface area (Å²) < 4.78 is 4.96. The van der Waals surface area contributed by atoms with Crippen molar-refractivity contribution in [2.45, 2.75) is 26.7 Å². The molecule has 1 aliphatic carbocycles. The first-order valence-electron chi connectivity index (χ1n) is 8.90. The lowest BCUT2D eigenvalue weighted by Gasteiger charge is -2.14. The number of rotatable bonds is 5. The second kappa shape index (κ2) is 7.73. The monoisotopic (exact) mass is 370 g/mol. The van der Waals surface area contributed by atoms with Crippen LogP contribution in [0.4, 0.5) is 5.69 Å². The van der Waals surface area contributed by atoms with Crippen LogP contribution in [0.2, 0.25) is 0 Å². The molecule has 1 aromatic rings. The molecule has 1 aliphatic heterocycles. The van der Waals surface area contributed by atoms with Gasteiger partial charge in [0.25, 0.3) is 5.91 Å². The van der Waals surface area contributed by atoms with Gasteiger partial charge in [-0.05, 0) is 37.8 Å². The van der Waals surface area contributed by atoms with Gasteiger partial charge in [-0.3, -0.25) is 24.1 Å². The SMILES string of the molecule is Cc1cccc(C)c1NC(=O)COC(=O)CN1C(=O)[C@@H]2CC=CC[C@H]2C1=O. The van der Waals surface area contributed by atoms with Crippen molar-refractivity contribution in [3.63, 3.8) is 0 Å². The molecule has 3 rings (SSSR count). The Bertz CT molecular complexity index is 783. The predicted molar refractivity (Wildman–Crippen MR) is 97.6 cm³/mol. The molecule has 2 aliphatic rings. The van der Waals surface area contributed by atoms with Crippen LogP contribution in [0.3, 0.4) is 0 Å². The first-order valence-corrected chi connectivity index (χ1v) is 8.90. The standard InChI is InChI=1S/C20H22N2O5/c1-12-6-5-7-13(2)18(12)21-16(23)11-27-17(24)10-22-19(25)14-8-3-4-9-15(14)20(22)26/h3-7,14-15H,8-11H2,1-2H3,(H,21,23)/t14-,15-/m1/s1. The van der Waals surface area contributed by atoms with Crippen molar-refractivity contribution in [1.29, 1.82) is 0 Å². The number of amides is 3. The molecule has 0 unspecified atom stereocenters. The highest BCUT2D eigenvalue weighted by molar-refractivity contribution is 6.07. The molecule has 0 aromatic heterocycles. The quantitative estimate of drug-likeness (QED) is 0.484. The Kier molecular flexibility index (Phi) is 5.39. The van der Waals surface area contributed by atoms with E-state index in [1.54, 1.807) is 0 Å². The minimum absolute atomic E-state index is 0.341. The van der Waals surface area contributed by atoms with E-state index in [0.717, 1.165) is 16.0 Å². The van der Waals surface area contributed by atoms with Crippen LogP contribution in [0, 0.1) is 25.7 Å². The van der Waals surface area contributed by atoms with E-state index in [-0.39, 0.29) is 23.7 Å². The highest BCUT2D eigenvalue weighted by Crippen LogP contribution is 2.34. The molecule has 2 atom stereocenters. The van der Waals surface area contributed by atoms with Crippen LogP contribution >= 0.6 is 0 Å². The highest BCUT2D eigenvalue weighted by Gasteiger charge is 2.47. The first-order chi connectivity index (χ1) is 12.9. The van der Waals surface area contributed by atoms with Crippen LogP contribution < -0.4 is 5.32 Å². The summed E-state index contributed by atoms with van der Waals surface area (Å²) in [6.07, 6.45) is 4.79. The number of allylic oxidation sites excluding steroid dienone is 2. The summed E-state index contributed by atoms with van der Waals surface area (Å²) in [4.78, 5) is 49.7. The number of para-hydroxylation sites is 1. The van der Waals surface area contributed by atoms with Crippen molar-refractivity contribution in [3.8, 4) is 0 Å². The molecule has 0 spiro atoms. The van der Waals surface area contributed by atoms with Gasteiger partial charge < -0.3 is 10.1 Å². The third-order valence-corrected chi connectivity index (χ3v) is 5.00. The number of fused-ring (bicyclic) bond motifs is 1. The van der Waals surface area contributed by atoms with Crippen molar-refractivity contribution in [2.24, 2.45) is 11.8 Å². The second-order valence-electron chi connectivity index (χ2n) is 6.89. The lowest BCUT2D eigenvalue weighted by atomic mass is 9.85. The molecule has 1 aromatic carbocycles. The number of hydrogen-bond acceptors (Lipinski definition) is 5. The van der Waals surface area contributed by atoms with E-state index in [1.807, 2.05) is 44.2 Å². The van der Waals surface area contributed by atoms with Gasteiger partial charge in [-0.25, -0.2) is 0 Å². The maximum absolute atomic E-state index is 12.3. The number of carbonyl (C=O) groups is 4. The van der Waals surface area contributed by atoms with Gasteiger partial charge in [-0.1, -0.05) is 30.4 Å². The number of nitrogens with zero attached hydrogens (tertiary/aromatic N) is 1. The predicted octanol–water partition coefficient (Wildman–Crippen LogP) is 1.74. The summed E-state index contributed by atoms with van der Waals surface area (Å²) >= 11 is 0. The van der Waals surface area contributed by atoms with Crippen LogP contribution in [-0.2, 0) is 23.9 Å². The lowest BCUT2D eigenvalue weighted by molar-refractivity contribution is -0.154.